The molecule has 1 aliphatic rings. The van der Waals surface area contributed by atoms with Crippen molar-refractivity contribution in [2.24, 2.45) is 5.73 Å². The van der Waals surface area contributed by atoms with Crippen molar-refractivity contribution in [3.8, 4) is 0 Å². The molecular formula is C11H17F3N2O3. The Morgan fingerprint density at radius 2 is 2.00 bits per heavy atom. The van der Waals surface area contributed by atoms with Crippen LogP contribution >= 0.6 is 0 Å². The van der Waals surface area contributed by atoms with Crippen LogP contribution in [0.1, 0.15) is 32.6 Å². The summed E-state index contributed by atoms with van der Waals surface area (Å²) in [6.45, 7) is 1.77. The van der Waals surface area contributed by atoms with E-state index in [4.69, 9.17) is 5.73 Å². The van der Waals surface area contributed by atoms with Gasteiger partial charge in [0.25, 0.3) is 5.91 Å². The van der Waals surface area contributed by atoms with Gasteiger partial charge in [0.05, 0.1) is 6.04 Å². The van der Waals surface area contributed by atoms with Crippen molar-refractivity contribution < 1.29 is 27.5 Å². The van der Waals surface area contributed by atoms with E-state index in [0.29, 0.717) is 6.42 Å². The molecule has 1 fully saturated rings. The average molecular weight is 282 g/mol. The van der Waals surface area contributed by atoms with Gasteiger partial charge in [-0.2, -0.15) is 13.2 Å². The molecule has 0 spiro atoms. The fourth-order valence-electron chi connectivity index (χ4n) is 1.51. The first-order chi connectivity index (χ1) is 8.75. The normalized spacial score (nSPS) is 18.6. The Bertz CT molecular complexity index is 343. The maximum atomic E-state index is 12.1. The van der Waals surface area contributed by atoms with Crippen LogP contribution in [0.5, 0.6) is 0 Å². The van der Waals surface area contributed by atoms with Crippen molar-refractivity contribution >= 4 is 11.9 Å². The number of hydrogen-bond acceptors (Lipinski definition) is 4. The fraction of sp³-hybridized carbons (Fsp3) is 0.818. The van der Waals surface area contributed by atoms with Gasteiger partial charge in [-0.15, -0.1) is 0 Å². The van der Waals surface area contributed by atoms with Crippen LogP contribution in [0.2, 0.25) is 0 Å². The predicted molar refractivity (Wildman–Crippen MR) is 60.0 cm³/mol. The summed E-state index contributed by atoms with van der Waals surface area (Å²) in [5.41, 5.74) is 5.61. The quantitative estimate of drug-likeness (QED) is 0.708. The number of carbonyl (C=O) groups excluding carboxylic acids is 2. The first-order valence-electron chi connectivity index (χ1n) is 6.09. The first-order valence-corrected chi connectivity index (χ1v) is 6.09. The molecule has 1 amide bonds. The Balaban J connectivity index is 2.67. The topological polar surface area (TPSA) is 81.4 Å². The molecule has 2 unspecified atom stereocenters. The van der Waals surface area contributed by atoms with Crippen LogP contribution in [0.3, 0.4) is 0 Å². The third kappa shape index (κ3) is 5.06. The second-order valence-electron chi connectivity index (χ2n) is 4.56. The fourth-order valence-corrected chi connectivity index (χ4v) is 1.51. The zero-order chi connectivity index (χ0) is 14.6. The van der Waals surface area contributed by atoms with Crippen molar-refractivity contribution in [3.63, 3.8) is 0 Å². The van der Waals surface area contributed by atoms with Crippen LogP contribution < -0.4 is 11.1 Å². The number of carbonyl (C=O) groups is 2. The number of halogens is 3. The molecule has 0 bridgehead atoms. The predicted octanol–water partition coefficient (Wildman–Crippen LogP) is 0.867. The monoisotopic (exact) mass is 282 g/mol. The smallest absolute Gasteiger partial charge is 0.444 e. The minimum Gasteiger partial charge on any atom is -0.444 e. The molecule has 1 aliphatic carbocycles. The number of amides is 1. The maximum absolute atomic E-state index is 12.1. The molecule has 0 heterocycles. The molecule has 0 aromatic carbocycles. The molecule has 5 nitrogen and oxygen atoms in total. The van der Waals surface area contributed by atoms with Gasteiger partial charge in [-0.1, -0.05) is 13.3 Å². The Kier molecular flexibility index (Phi) is 5.16. The summed E-state index contributed by atoms with van der Waals surface area (Å²) in [7, 11) is 0. The van der Waals surface area contributed by atoms with Gasteiger partial charge in [0.2, 0.25) is 0 Å². The highest BCUT2D eigenvalue weighted by Gasteiger charge is 2.44. The largest absolute Gasteiger partial charge is 0.490 e. The van der Waals surface area contributed by atoms with Gasteiger partial charge in [0.15, 0.2) is 6.10 Å². The molecule has 0 radical (unpaired) electrons. The van der Waals surface area contributed by atoms with E-state index >= 15 is 0 Å². The summed E-state index contributed by atoms with van der Waals surface area (Å²) in [6, 6.07) is -0.997. The second kappa shape index (κ2) is 6.23. The number of esters is 1. The molecule has 0 aromatic heterocycles. The van der Waals surface area contributed by atoms with E-state index in [-0.39, 0.29) is 12.5 Å². The van der Waals surface area contributed by atoms with Gasteiger partial charge in [-0.3, -0.25) is 4.79 Å². The summed E-state index contributed by atoms with van der Waals surface area (Å²) in [4.78, 5) is 22.5. The molecular weight excluding hydrogens is 265 g/mol. The zero-order valence-corrected chi connectivity index (χ0v) is 10.5. The molecule has 0 aliphatic heterocycles. The van der Waals surface area contributed by atoms with E-state index in [1.54, 1.807) is 6.92 Å². The summed E-state index contributed by atoms with van der Waals surface area (Å²) in [5, 5.41) is 2.49. The van der Waals surface area contributed by atoms with Crippen molar-refractivity contribution in [2.75, 3.05) is 0 Å². The van der Waals surface area contributed by atoms with Crippen molar-refractivity contribution in [2.45, 2.75) is 57.0 Å². The van der Waals surface area contributed by atoms with Crippen LogP contribution in [-0.2, 0) is 14.3 Å². The molecule has 19 heavy (non-hydrogen) atoms. The molecule has 0 aromatic rings. The summed E-state index contributed by atoms with van der Waals surface area (Å²) < 4.78 is 40.7. The highest BCUT2D eigenvalue weighted by atomic mass is 19.4. The standard InChI is InChI=1S/C11H17F3N2O3/c1-2-3-7(15)8(9(17)16-6-4-5-6)19-10(18)11(12,13)14/h6-8H,2-5,15H2,1H3,(H,16,17). The van der Waals surface area contributed by atoms with E-state index in [9.17, 15) is 22.8 Å². The summed E-state index contributed by atoms with van der Waals surface area (Å²) in [6.07, 6.45) is -4.34. The lowest BCUT2D eigenvalue weighted by atomic mass is 10.1. The number of hydrogen-bond donors (Lipinski definition) is 2. The molecule has 110 valence electrons. The average Bonchev–Trinajstić information content (AvgIpc) is 3.07. The number of rotatable bonds is 6. The van der Waals surface area contributed by atoms with Gasteiger partial charge < -0.3 is 15.8 Å². The maximum Gasteiger partial charge on any atom is 0.490 e. The third-order valence-electron chi connectivity index (χ3n) is 2.66. The van der Waals surface area contributed by atoms with E-state index in [1.165, 1.54) is 0 Å². The molecule has 3 N–H and O–H groups in total. The lowest BCUT2D eigenvalue weighted by Crippen LogP contribution is -2.50. The van der Waals surface area contributed by atoms with Crippen LogP contribution in [0, 0.1) is 0 Å². The van der Waals surface area contributed by atoms with Gasteiger partial charge >= 0.3 is 12.1 Å². The molecule has 0 saturated heterocycles. The van der Waals surface area contributed by atoms with E-state index in [2.05, 4.69) is 10.1 Å². The lowest BCUT2D eigenvalue weighted by molar-refractivity contribution is -0.206. The van der Waals surface area contributed by atoms with Crippen LogP contribution in [0.4, 0.5) is 13.2 Å². The lowest BCUT2D eigenvalue weighted by Gasteiger charge is -2.23. The van der Waals surface area contributed by atoms with E-state index < -0.39 is 30.2 Å². The minimum atomic E-state index is -5.13. The third-order valence-corrected chi connectivity index (χ3v) is 2.66. The Morgan fingerprint density at radius 3 is 2.42 bits per heavy atom. The van der Waals surface area contributed by atoms with E-state index in [1.807, 2.05) is 0 Å². The van der Waals surface area contributed by atoms with Crippen LogP contribution in [-0.4, -0.2) is 36.2 Å². The summed E-state index contributed by atoms with van der Waals surface area (Å²) in [5.74, 6) is -3.16. The minimum absolute atomic E-state index is 0.0478. The van der Waals surface area contributed by atoms with Gasteiger partial charge in [-0.05, 0) is 19.3 Å². The van der Waals surface area contributed by atoms with Crippen molar-refractivity contribution in [1.82, 2.24) is 5.32 Å². The van der Waals surface area contributed by atoms with Gasteiger partial charge in [-0.25, -0.2) is 4.79 Å². The summed E-state index contributed by atoms with van der Waals surface area (Å²) >= 11 is 0. The van der Waals surface area contributed by atoms with Crippen LogP contribution in [0.15, 0.2) is 0 Å². The van der Waals surface area contributed by atoms with Gasteiger partial charge in [0, 0.05) is 6.04 Å². The number of alkyl halides is 3. The number of ether oxygens (including phenoxy) is 1. The SMILES string of the molecule is CCCC(N)C(OC(=O)C(F)(F)F)C(=O)NC1CC1. The van der Waals surface area contributed by atoms with Gasteiger partial charge in [0.1, 0.15) is 0 Å². The molecule has 1 saturated carbocycles. The highest BCUT2D eigenvalue weighted by Crippen LogP contribution is 2.21. The molecule has 1 rings (SSSR count). The van der Waals surface area contributed by atoms with Crippen LogP contribution in [0.25, 0.3) is 0 Å². The highest BCUT2D eigenvalue weighted by molar-refractivity contribution is 5.86. The zero-order valence-electron chi connectivity index (χ0n) is 10.5. The number of nitrogens with two attached hydrogens (primary N) is 1. The first kappa shape index (κ1) is 15.7. The van der Waals surface area contributed by atoms with E-state index in [0.717, 1.165) is 12.8 Å². The second-order valence-corrected chi connectivity index (χ2v) is 4.56. The Hall–Kier alpha value is -1.31. The van der Waals surface area contributed by atoms with Crippen molar-refractivity contribution in [1.29, 1.82) is 0 Å². The molecule has 2 atom stereocenters. The number of nitrogens with one attached hydrogen (secondary N) is 1. The Morgan fingerprint density at radius 1 is 1.42 bits per heavy atom. The van der Waals surface area contributed by atoms with Crippen molar-refractivity contribution in [3.05, 3.63) is 0 Å². The Labute approximate surface area is 108 Å². The molecule has 8 heteroatoms.